The minimum Gasteiger partial charge on any atom is -0.379 e. The maximum absolute atomic E-state index is 5.29. The molecule has 2 atom stereocenters. The molecule has 0 bridgehead atoms. The number of rotatable bonds is 1. The Morgan fingerprint density at radius 2 is 2.40 bits per heavy atom. The van der Waals surface area contributed by atoms with Gasteiger partial charge in [0, 0.05) is 12.6 Å². The van der Waals surface area contributed by atoms with Crippen LogP contribution < -0.4 is 0 Å². The third-order valence-corrected chi connectivity index (χ3v) is 2.20. The quantitative estimate of drug-likeness (QED) is 0.576. The number of ether oxygens (including phenoxy) is 1. The van der Waals surface area contributed by atoms with Crippen molar-refractivity contribution in [1.82, 2.24) is 4.90 Å². The van der Waals surface area contributed by atoms with Gasteiger partial charge in [0.1, 0.15) is 0 Å². The molecule has 1 aliphatic heterocycles. The molecule has 0 radical (unpaired) electrons. The summed E-state index contributed by atoms with van der Waals surface area (Å²) < 4.78 is 5.29. The summed E-state index contributed by atoms with van der Waals surface area (Å²) in [7, 11) is 0. The molecule has 0 N–H and O–H groups in total. The van der Waals surface area contributed by atoms with Crippen molar-refractivity contribution in [3.05, 3.63) is 0 Å². The van der Waals surface area contributed by atoms with Crippen molar-refractivity contribution < 1.29 is 4.74 Å². The Morgan fingerprint density at radius 1 is 1.70 bits per heavy atom. The Kier molecular flexibility index (Phi) is 3.01. The molecule has 0 aromatic rings. The summed E-state index contributed by atoms with van der Waals surface area (Å²) in [6, 6.07) is 0.529. The van der Waals surface area contributed by atoms with Crippen LogP contribution in [0, 0.1) is 0 Å². The number of hydrogen-bond acceptors (Lipinski definition) is 3. The Morgan fingerprint density at radius 3 is 2.80 bits per heavy atom. The average molecular weight is 161 g/mol. The van der Waals surface area contributed by atoms with Crippen molar-refractivity contribution in [1.29, 1.82) is 0 Å². The molecule has 0 saturated carbocycles. The predicted octanol–water partition coefficient (Wildman–Crippen LogP) is 0.983. The lowest BCUT2D eigenvalue weighted by atomic mass is 10.2. The molecule has 2 unspecified atom stereocenters. The Hall–Kier alpha value is 0.270. The van der Waals surface area contributed by atoms with Crippen LogP contribution in [0.25, 0.3) is 0 Å². The molecular weight excluding hydrogens is 146 g/mol. The number of hydrogen-bond donors (Lipinski definition) is 1. The van der Waals surface area contributed by atoms with Gasteiger partial charge in [-0.05, 0) is 13.8 Å². The third-order valence-electron chi connectivity index (χ3n) is 1.90. The lowest BCUT2D eigenvalue weighted by Crippen LogP contribution is -2.46. The molecule has 1 fully saturated rings. The normalized spacial score (nSPS) is 32.1. The van der Waals surface area contributed by atoms with Crippen molar-refractivity contribution in [2.75, 3.05) is 19.8 Å². The van der Waals surface area contributed by atoms with Crippen LogP contribution in [0.2, 0.25) is 0 Å². The lowest BCUT2D eigenvalue weighted by Gasteiger charge is -2.35. The standard InChI is InChI=1S/C7H15NOS/c1-6-5-9-4-3-8(6)7(2)10/h6-7,10H,3-5H2,1-2H3. The van der Waals surface area contributed by atoms with Crippen LogP contribution in [0.1, 0.15) is 13.8 Å². The Bertz CT molecular complexity index is 108. The molecule has 1 saturated heterocycles. The van der Waals surface area contributed by atoms with Crippen molar-refractivity contribution >= 4 is 12.6 Å². The number of nitrogens with zero attached hydrogens (tertiary/aromatic N) is 1. The highest BCUT2D eigenvalue weighted by Crippen LogP contribution is 2.12. The second-order valence-electron chi connectivity index (χ2n) is 2.79. The summed E-state index contributed by atoms with van der Waals surface area (Å²) in [6.07, 6.45) is 0. The number of thiol groups is 1. The van der Waals surface area contributed by atoms with Gasteiger partial charge in [-0.3, -0.25) is 4.90 Å². The fraction of sp³-hybridized carbons (Fsp3) is 1.00. The first-order valence-electron chi connectivity index (χ1n) is 3.73. The maximum atomic E-state index is 5.29. The van der Waals surface area contributed by atoms with E-state index in [4.69, 9.17) is 4.74 Å². The molecule has 60 valence electrons. The topological polar surface area (TPSA) is 12.5 Å². The molecule has 1 heterocycles. The predicted molar refractivity (Wildman–Crippen MR) is 45.4 cm³/mol. The first-order chi connectivity index (χ1) is 4.72. The summed E-state index contributed by atoms with van der Waals surface area (Å²) in [5, 5.41) is 0.360. The van der Waals surface area contributed by atoms with E-state index >= 15 is 0 Å². The highest BCUT2D eigenvalue weighted by Gasteiger charge is 2.20. The second-order valence-corrected chi connectivity index (χ2v) is 3.54. The van der Waals surface area contributed by atoms with Gasteiger partial charge in [-0.25, -0.2) is 0 Å². The Labute approximate surface area is 68.0 Å². The second kappa shape index (κ2) is 3.60. The van der Waals surface area contributed by atoms with Gasteiger partial charge in [0.2, 0.25) is 0 Å². The molecule has 0 aromatic carbocycles. The van der Waals surface area contributed by atoms with E-state index in [0.29, 0.717) is 11.4 Å². The van der Waals surface area contributed by atoms with Gasteiger partial charge in [-0.2, -0.15) is 12.6 Å². The van der Waals surface area contributed by atoms with Crippen LogP contribution in [0.4, 0.5) is 0 Å². The van der Waals surface area contributed by atoms with Crippen LogP contribution >= 0.6 is 12.6 Å². The monoisotopic (exact) mass is 161 g/mol. The molecule has 2 nitrogen and oxygen atoms in total. The van der Waals surface area contributed by atoms with E-state index in [1.807, 2.05) is 0 Å². The minimum atomic E-state index is 0.360. The van der Waals surface area contributed by atoms with Crippen molar-refractivity contribution in [2.24, 2.45) is 0 Å². The smallest absolute Gasteiger partial charge is 0.0620 e. The zero-order chi connectivity index (χ0) is 7.56. The van der Waals surface area contributed by atoms with E-state index in [1.165, 1.54) is 0 Å². The molecule has 0 aliphatic carbocycles. The fourth-order valence-electron chi connectivity index (χ4n) is 1.30. The van der Waals surface area contributed by atoms with Gasteiger partial charge in [0.05, 0.1) is 18.6 Å². The van der Waals surface area contributed by atoms with Gasteiger partial charge in [-0.1, -0.05) is 0 Å². The maximum Gasteiger partial charge on any atom is 0.0620 e. The van der Waals surface area contributed by atoms with Crippen LogP contribution in [-0.4, -0.2) is 36.1 Å². The SMILES string of the molecule is CC(S)N1CCOCC1C. The molecule has 3 heteroatoms. The van der Waals surface area contributed by atoms with E-state index in [1.54, 1.807) is 0 Å². The lowest BCUT2D eigenvalue weighted by molar-refractivity contribution is -0.00295. The van der Waals surface area contributed by atoms with E-state index in [9.17, 15) is 0 Å². The highest BCUT2D eigenvalue weighted by atomic mass is 32.1. The molecule has 0 aromatic heterocycles. The number of morpholine rings is 1. The van der Waals surface area contributed by atoms with E-state index < -0.39 is 0 Å². The van der Waals surface area contributed by atoms with Gasteiger partial charge in [0.25, 0.3) is 0 Å². The van der Waals surface area contributed by atoms with E-state index in [0.717, 1.165) is 19.8 Å². The van der Waals surface area contributed by atoms with Crippen molar-refractivity contribution in [3.63, 3.8) is 0 Å². The highest BCUT2D eigenvalue weighted by molar-refractivity contribution is 7.80. The third kappa shape index (κ3) is 1.87. The van der Waals surface area contributed by atoms with Gasteiger partial charge in [-0.15, -0.1) is 0 Å². The summed E-state index contributed by atoms with van der Waals surface area (Å²) in [6.45, 7) is 7.00. The molecule has 1 rings (SSSR count). The van der Waals surface area contributed by atoms with Crippen LogP contribution in [0.15, 0.2) is 0 Å². The Balaban J connectivity index is 2.40. The summed E-state index contributed by atoms with van der Waals surface area (Å²) >= 11 is 4.37. The van der Waals surface area contributed by atoms with Crippen molar-refractivity contribution in [2.45, 2.75) is 25.3 Å². The van der Waals surface area contributed by atoms with E-state index in [2.05, 4.69) is 31.4 Å². The first kappa shape index (κ1) is 8.37. The van der Waals surface area contributed by atoms with Crippen molar-refractivity contribution in [3.8, 4) is 0 Å². The fourth-order valence-corrected chi connectivity index (χ4v) is 1.64. The zero-order valence-electron chi connectivity index (χ0n) is 6.58. The summed E-state index contributed by atoms with van der Waals surface area (Å²) in [4.78, 5) is 2.34. The minimum absolute atomic E-state index is 0.360. The first-order valence-corrected chi connectivity index (χ1v) is 4.25. The zero-order valence-corrected chi connectivity index (χ0v) is 7.47. The van der Waals surface area contributed by atoms with Gasteiger partial charge < -0.3 is 4.74 Å². The van der Waals surface area contributed by atoms with Crippen LogP contribution in [0.5, 0.6) is 0 Å². The average Bonchev–Trinajstić information content (AvgIpc) is 1.88. The molecule has 0 spiro atoms. The van der Waals surface area contributed by atoms with Crippen LogP contribution in [0.3, 0.4) is 0 Å². The molecule has 1 aliphatic rings. The summed E-state index contributed by atoms with van der Waals surface area (Å²) in [5.41, 5.74) is 0. The molecular formula is C7H15NOS. The summed E-state index contributed by atoms with van der Waals surface area (Å²) in [5.74, 6) is 0. The molecule has 0 amide bonds. The van der Waals surface area contributed by atoms with Gasteiger partial charge >= 0.3 is 0 Å². The molecule has 10 heavy (non-hydrogen) atoms. The van der Waals surface area contributed by atoms with E-state index in [-0.39, 0.29) is 0 Å². The largest absolute Gasteiger partial charge is 0.379 e. The van der Waals surface area contributed by atoms with Crippen LogP contribution in [-0.2, 0) is 4.74 Å². The van der Waals surface area contributed by atoms with Gasteiger partial charge in [0.15, 0.2) is 0 Å².